The molecule has 2 N–H and O–H groups in total. The van der Waals surface area contributed by atoms with E-state index in [2.05, 4.69) is 20.5 Å². The molecule has 126 valence electrons. The second kappa shape index (κ2) is 6.33. The van der Waals surface area contributed by atoms with Crippen LogP contribution in [0.3, 0.4) is 0 Å². The first kappa shape index (κ1) is 15.3. The van der Waals surface area contributed by atoms with E-state index in [1.807, 2.05) is 0 Å². The van der Waals surface area contributed by atoms with E-state index in [9.17, 15) is 9.60 Å². The average Bonchev–Trinajstić information content (AvgIpc) is 3.16. The summed E-state index contributed by atoms with van der Waals surface area (Å²) in [5.41, 5.74) is 2.98. The van der Waals surface area contributed by atoms with Crippen LogP contribution >= 0.6 is 0 Å². The van der Waals surface area contributed by atoms with Crippen LogP contribution in [0.5, 0.6) is 0 Å². The number of piperidine rings is 3. The zero-order valence-corrected chi connectivity index (χ0v) is 13.3. The highest BCUT2D eigenvalue weighted by atomic mass is 19.1. The molecule has 3 saturated heterocycles. The lowest BCUT2D eigenvalue weighted by molar-refractivity contribution is 0.0898. The van der Waals surface area contributed by atoms with Gasteiger partial charge in [0, 0.05) is 25.0 Å². The highest BCUT2D eigenvalue weighted by Crippen LogP contribution is 2.30. The summed E-state index contributed by atoms with van der Waals surface area (Å²) in [5.74, 6) is 0.271. The van der Waals surface area contributed by atoms with Crippen LogP contribution in [0, 0.1) is 11.7 Å². The van der Waals surface area contributed by atoms with E-state index in [0.29, 0.717) is 11.6 Å². The van der Waals surface area contributed by atoms with Crippen molar-refractivity contribution in [2.45, 2.75) is 18.9 Å². The van der Waals surface area contributed by atoms with Gasteiger partial charge in [-0.1, -0.05) is 0 Å². The lowest BCUT2D eigenvalue weighted by Crippen LogP contribution is -2.50. The van der Waals surface area contributed by atoms with Crippen molar-refractivity contribution in [1.82, 2.24) is 20.2 Å². The first-order valence-electron chi connectivity index (χ1n) is 8.25. The van der Waals surface area contributed by atoms with E-state index in [4.69, 9.17) is 0 Å². The standard InChI is InChI=1S/C17H20FN5O/c18-15-10-13(23-7-1-6-19-23)2-3-14(15)17(21-24)20-16-11-22-8-4-12(16)5-9-22/h1-3,6-7,10,12,16,24H,4-5,8-9,11H2,(H,20,21)/t16-/m0/s1. The Morgan fingerprint density at radius 1 is 1.33 bits per heavy atom. The van der Waals surface area contributed by atoms with E-state index >= 15 is 0 Å². The predicted molar refractivity (Wildman–Crippen MR) is 87.9 cm³/mol. The Balaban J connectivity index is 1.62. The van der Waals surface area contributed by atoms with Crippen molar-refractivity contribution in [2.24, 2.45) is 10.9 Å². The van der Waals surface area contributed by atoms with Crippen LogP contribution in [0.25, 0.3) is 5.69 Å². The molecule has 1 aromatic heterocycles. The fourth-order valence-electron chi connectivity index (χ4n) is 3.66. The first-order chi connectivity index (χ1) is 11.7. The molecule has 3 aliphatic heterocycles. The highest BCUT2D eigenvalue weighted by molar-refractivity contribution is 5.98. The van der Waals surface area contributed by atoms with Crippen LogP contribution in [0.1, 0.15) is 18.4 Å². The highest BCUT2D eigenvalue weighted by Gasteiger charge is 2.34. The van der Waals surface area contributed by atoms with Gasteiger partial charge < -0.3 is 4.90 Å². The first-order valence-corrected chi connectivity index (χ1v) is 8.25. The number of aromatic nitrogens is 2. The topological polar surface area (TPSA) is 65.7 Å². The number of aliphatic imine (C=N–C) groups is 1. The second-order valence-corrected chi connectivity index (χ2v) is 6.41. The van der Waals surface area contributed by atoms with E-state index in [1.54, 1.807) is 35.3 Å². The SMILES string of the molecule is ONC(=N[C@H]1CN2CCC1CC2)c1ccc(-n2cccn2)cc1F. The Bertz CT molecular complexity index is 737. The van der Waals surface area contributed by atoms with Gasteiger partial charge in [-0.15, -0.1) is 0 Å². The number of halogens is 1. The van der Waals surface area contributed by atoms with E-state index < -0.39 is 5.82 Å². The number of benzene rings is 1. The zero-order valence-electron chi connectivity index (χ0n) is 13.3. The Morgan fingerprint density at radius 3 is 2.75 bits per heavy atom. The average molecular weight is 329 g/mol. The monoisotopic (exact) mass is 329 g/mol. The number of hydrogen-bond acceptors (Lipinski definition) is 4. The van der Waals surface area contributed by atoms with Crippen LogP contribution in [0.2, 0.25) is 0 Å². The molecule has 5 rings (SSSR count). The number of rotatable bonds is 3. The zero-order chi connectivity index (χ0) is 16.5. The summed E-state index contributed by atoms with van der Waals surface area (Å²) >= 11 is 0. The van der Waals surface area contributed by atoms with Crippen molar-refractivity contribution in [1.29, 1.82) is 0 Å². The van der Waals surface area contributed by atoms with Gasteiger partial charge in [-0.3, -0.25) is 15.7 Å². The van der Waals surface area contributed by atoms with E-state index in [-0.39, 0.29) is 17.4 Å². The smallest absolute Gasteiger partial charge is 0.155 e. The summed E-state index contributed by atoms with van der Waals surface area (Å²) < 4.78 is 16.1. The maximum Gasteiger partial charge on any atom is 0.155 e. The Morgan fingerprint density at radius 2 is 2.17 bits per heavy atom. The molecule has 24 heavy (non-hydrogen) atoms. The molecule has 3 aliphatic rings. The largest absolute Gasteiger partial charge is 0.301 e. The third-order valence-electron chi connectivity index (χ3n) is 5.00. The maximum absolute atomic E-state index is 14.5. The number of hydrogen-bond donors (Lipinski definition) is 2. The van der Waals surface area contributed by atoms with Crippen molar-refractivity contribution in [3.63, 3.8) is 0 Å². The molecule has 2 bridgehead atoms. The molecule has 0 amide bonds. The van der Waals surface area contributed by atoms with Gasteiger partial charge in [0.25, 0.3) is 0 Å². The molecular weight excluding hydrogens is 309 g/mol. The van der Waals surface area contributed by atoms with Gasteiger partial charge in [-0.05, 0) is 50.0 Å². The van der Waals surface area contributed by atoms with Crippen molar-refractivity contribution < 1.29 is 9.60 Å². The molecule has 0 unspecified atom stereocenters. The Kier molecular flexibility index (Phi) is 4.03. The summed E-state index contributed by atoms with van der Waals surface area (Å²) in [5, 5.41) is 13.6. The molecule has 0 spiro atoms. The lowest BCUT2D eigenvalue weighted by Gasteiger charge is -2.43. The molecule has 2 aromatic rings. The van der Waals surface area contributed by atoms with Crippen molar-refractivity contribution in [3.05, 3.63) is 48.0 Å². The third kappa shape index (κ3) is 2.81. The van der Waals surface area contributed by atoms with Gasteiger partial charge in [0.1, 0.15) is 5.82 Å². The van der Waals surface area contributed by atoms with Crippen molar-refractivity contribution >= 4 is 5.84 Å². The fourth-order valence-corrected chi connectivity index (χ4v) is 3.66. The Hall–Kier alpha value is -2.25. The lowest BCUT2D eigenvalue weighted by atomic mass is 9.84. The molecule has 6 nitrogen and oxygen atoms in total. The van der Waals surface area contributed by atoms with E-state index in [0.717, 1.165) is 32.5 Å². The number of amidine groups is 1. The van der Waals surface area contributed by atoms with Crippen LogP contribution in [-0.2, 0) is 0 Å². The van der Waals surface area contributed by atoms with Crippen LogP contribution in [0.15, 0.2) is 41.7 Å². The van der Waals surface area contributed by atoms with Gasteiger partial charge in [-0.25, -0.2) is 9.07 Å². The van der Waals surface area contributed by atoms with Crippen molar-refractivity contribution in [3.8, 4) is 5.69 Å². The number of hydroxylamine groups is 1. The van der Waals surface area contributed by atoms with Gasteiger partial charge in [-0.2, -0.15) is 5.10 Å². The minimum absolute atomic E-state index is 0.104. The molecule has 0 aliphatic carbocycles. The number of fused-ring (bicyclic) bond motifs is 3. The number of nitrogens with zero attached hydrogens (tertiary/aromatic N) is 4. The molecule has 4 heterocycles. The molecule has 7 heteroatoms. The molecule has 3 fully saturated rings. The summed E-state index contributed by atoms with van der Waals surface area (Å²) in [4.78, 5) is 6.99. The summed E-state index contributed by atoms with van der Waals surface area (Å²) in [7, 11) is 0. The van der Waals surface area contributed by atoms with Crippen LogP contribution in [-0.4, -0.2) is 51.4 Å². The van der Waals surface area contributed by atoms with Gasteiger partial charge in [0.05, 0.1) is 17.3 Å². The fraction of sp³-hybridized carbons (Fsp3) is 0.412. The third-order valence-corrected chi connectivity index (χ3v) is 5.00. The molecule has 1 atom stereocenters. The van der Waals surface area contributed by atoms with Gasteiger partial charge in [0.15, 0.2) is 5.84 Å². The van der Waals surface area contributed by atoms with Crippen LogP contribution < -0.4 is 5.48 Å². The molecule has 1 aromatic carbocycles. The predicted octanol–water partition coefficient (Wildman–Crippen LogP) is 1.83. The van der Waals surface area contributed by atoms with E-state index in [1.165, 1.54) is 6.07 Å². The normalized spacial score (nSPS) is 26.6. The maximum atomic E-state index is 14.5. The summed E-state index contributed by atoms with van der Waals surface area (Å²) in [6.07, 6.45) is 5.63. The minimum Gasteiger partial charge on any atom is -0.301 e. The Labute approximate surface area is 139 Å². The summed E-state index contributed by atoms with van der Waals surface area (Å²) in [6, 6.07) is 6.66. The molecular formula is C17H20FN5O. The quantitative estimate of drug-likeness (QED) is 0.512. The van der Waals surface area contributed by atoms with Gasteiger partial charge in [0.2, 0.25) is 0 Å². The molecule has 0 saturated carbocycles. The number of nitrogens with one attached hydrogen (secondary N) is 1. The van der Waals surface area contributed by atoms with Gasteiger partial charge >= 0.3 is 0 Å². The molecule has 0 radical (unpaired) electrons. The second-order valence-electron chi connectivity index (χ2n) is 6.41. The minimum atomic E-state index is -0.440. The summed E-state index contributed by atoms with van der Waals surface area (Å²) in [6.45, 7) is 3.11. The van der Waals surface area contributed by atoms with Crippen molar-refractivity contribution in [2.75, 3.05) is 19.6 Å². The van der Waals surface area contributed by atoms with Crippen LogP contribution in [0.4, 0.5) is 4.39 Å².